The first-order chi connectivity index (χ1) is 6.30. The monoisotopic (exact) mass is 236 g/mol. The normalized spacial score (nSPS) is 21.6. The second-order valence-corrected chi connectivity index (χ2v) is 4.71. The summed E-state index contributed by atoms with van der Waals surface area (Å²) in [6.07, 6.45) is 7.69. The average molecular weight is 237 g/mol. The molecule has 1 aromatic rings. The first-order valence-corrected chi connectivity index (χ1v) is 5.31. The molecule has 0 saturated heterocycles. The molecule has 0 N–H and O–H groups in total. The van der Waals surface area contributed by atoms with Gasteiger partial charge in [-0.2, -0.15) is 0 Å². The molecule has 1 aliphatic carbocycles. The molecule has 1 aromatic heterocycles. The molecule has 2 aliphatic rings. The van der Waals surface area contributed by atoms with Crippen molar-refractivity contribution in [1.29, 1.82) is 0 Å². The molecule has 2 heterocycles. The summed E-state index contributed by atoms with van der Waals surface area (Å²) >= 11 is 3.45. The van der Waals surface area contributed by atoms with Crippen LogP contribution in [0.3, 0.4) is 0 Å². The third-order valence-corrected chi connectivity index (χ3v) is 3.48. The number of hydrogen-bond acceptors (Lipinski definition) is 2. The molecule has 66 valence electrons. The van der Waals surface area contributed by atoms with Crippen LogP contribution in [0.15, 0.2) is 21.7 Å². The Morgan fingerprint density at radius 2 is 2.23 bits per heavy atom. The van der Waals surface area contributed by atoms with Crippen LogP contribution in [0, 0.1) is 0 Å². The van der Waals surface area contributed by atoms with E-state index in [-0.39, 0.29) is 5.41 Å². The van der Waals surface area contributed by atoms with Crippen molar-refractivity contribution in [2.45, 2.75) is 24.7 Å². The van der Waals surface area contributed by atoms with Crippen molar-refractivity contribution < 1.29 is 0 Å². The third-order valence-electron chi connectivity index (χ3n) is 3.05. The fraction of sp³-hybridized carbons (Fsp3) is 0.400. The number of nitrogens with zero attached hydrogens (tertiary/aromatic N) is 2. The number of rotatable bonds is 0. The van der Waals surface area contributed by atoms with Crippen LogP contribution in [0.5, 0.6) is 0 Å². The second-order valence-electron chi connectivity index (χ2n) is 3.79. The van der Waals surface area contributed by atoms with Crippen molar-refractivity contribution in [1.82, 2.24) is 4.98 Å². The van der Waals surface area contributed by atoms with E-state index in [1.807, 2.05) is 6.20 Å². The summed E-state index contributed by atoms with van der Waals surface area (Å²) in [6.45, 7) is 0. The van der Waals surface area contributed by atoms with Gasteiger partial charge in [0.1, 0.15) is 0 Å². The Morgan fingerprint density at radius 3 is 2.92 bits per heavy atom. The van der Waals surface area contributed by atoms with Crippen LogP contribution >= 0.6 is 15.9 Å². The van der Waals surface area contributed by atoms with E-state index in [2.05, 4.69) is 38.2 Å². The van der Waals surface area contributed by atoms with Gasteiger partial charge < -0.3 is 0 Å². The van der Waals surface area contributed by atoms with Gasteiger partial charge in [0.25, 0.3) is 0 Å². The van der Waals surface area contributed by atoms with Gasteiger partial charge in [0, 0.05) is 27.9 Å². The fourth-order valence-electron chi connectivity index (χ4n) is 2.11. The lowest BCUT2D eigenvalue weighted by Gasteiger charge is -2.36. The van der Waals surface area contributed by atoms with Crippen LogP contribution < -0.4 is 0 Å². The molecule has 2 nitrogen and oxygen atoms in total. The van der Waals surface area contributed by atoms with Gasteiger partial charge in [0.15, 0.2) is 5.82 Å². The number of aromatic nitrogens is 1. The van der Waals surface area contributed by atoms with E-state index < -0.39 is 0 Å². The number of halogens is 1. The van der Waals surface area contributed by atoms with E-state index in [4.69, 9.17) is 0 Å². The average Bonchev–Trinajstić information content (AvgIpc) is 2.41. The summed E-state index contributed by atoms with van der Waals surface area (Å²) in [5.41, 5.74) is 1.57. The maximum Gasteiger partial charge on any atom is 0.155 e. The zero-order chi connectivity index (χ0) is 8.89. The summed E-state index contributed by atoms with van der Waals surface area (Å²) in [6, 6.07) is 2.16. The molecule has 13 heavy (non-hydrogen) atoms. The lowest BCUT2D eigenvalue weighted by molar-refractivity contribution is 0.353. The molecule has 0 unspecified atom stereocenters. The highest BCUT2D eigenvalue weighted by Crippen LogP contribution is 2.49. The van der Waals surface area contributed by atoms with Crippen LogP contribution in [-0.4, -0.2) is 11.2 Å². The van der Waals surface area contributed by atoms with Gasteiger partial charge in [-0.25, -0.2) is 9.98 Å². The van der Waals surface area contributed by atoms with E-state index in [1.165, 1.54) is 24.8 Å². The highest BCUT2D eigenvalue weighted by molar-refractivity contribution is 9.10. The highest BCUT2D eigenvalue weighted by atomic mass is 79.9. The predicted molar refractivity (Wildman–Crippen MR) is 55.6 cm³/mol. The van der Waals surface area contributed by atoms with Crippen LogP contribution in [0.2, 0.25) is 0 Å². The van der Waals surface area contributed by atoms with Gasteiger partial charge in [0.05, 0.1) is 0 Å². The van der Waals surface area contributed by atoms with E-state index in [1.54, 1.807) is 0 Å². The van der Waals surface area contributed by atoms with Gasteiger partial charge in [0.2, 0.25) is 0 Å². The fourth-order valence-corrected chi connectivity index (χ4v) is 2.44. The Balaban J connectivity index is 2.18. The van der Waals surface area contributed by atoms with Crippen molar-refractivity contribution >= 4 is 28.0 Å². The third kappa shape index (κ3) is 0.937. The minimum atomic E-state index is 0.256. The van der Waals surface area contributed by atoms with Crippen LogP contribution in [-0.2, 0) is 5.41 Å². The molecule has 0 amide bonds. The minimum Gasteiger partial charge on any atom is -0.240 e. The molecule has 1 fully saturated rings. The van der Waals surface area contributed by atoms with E-state index in [0.29, 0.717) is 0 Å². The molecule has 3 rings (SSSR count). The Labute approximate surface area is 85.2 Å². The van der Waals surface area contributed by atoms with Gasteiger partial charge in [-0.3, -0.25) is 0 Å². The first-order valence-electron chi connectivity index (χ1n) is 4.51. The predicted octanol–water partition coefficient (Wildman–Crippen LogP) is 2.98. The standard InChI is InChI=1S/C10H9BrN2/c11-7-4-8-9(12-5-7)13-6-10(8)2-1-3-10/h4-6H,1-3H2. The highest BCUT2D eigenvalue weighted by Gasteiger charge is 2.42. The maximum absolute atomic E-state index is 4.36. The topological polar surface area (TPSA) is 25.2 Å². The molecule has 0 bridgehead atoms. The lowest BCUT2D eigenvalue weighted by atomic mass is 9.66. The van der Waals surface area contributed by atoms with Crippen molar-refractivity contribution in [3.8, 4) is 0 Å². The zero-order valence-corrected chi connectivity index (χ0v) is 8.71. The first kappa shape index (κ1) is 7.68. The van der Waals surface area contributed by atoms with Crippen LogP contribution in [0.1, 0.15) is 24.8 Å². The largest absolute Gasteiger partial charge is 0.240 e. The molecule has 1 spiro atoms. The number of aliphatic imine (C=N–C) groups is 1. The molecule has 0 radical (unpaired) electrons. The molecule has 1 aliphatic heterocycles. The van der Waals surface area contributed by atoms with E-state index in [0.717, 1.165) is 10.3 Å². The quantitative estimate of drug-likeness (QED) is 0.680. The Kier molecular flexibility index (Phi) is 1.42. The van der Waals surface area contributed by atoms with Crippen LogP contribution in [0.4, 0.5) is 5.82 Å². The Bertz CT molecular complexity index is 394. The van der Waals surface area contributed by atoms with Crippen LogP contribution in [0.25, 0.3) is 0 Å². The lowest BCUT2D eigenvalue weighted by Crippen LogP contribution is -2.33. The smallest absolute Gasteiger partial charge is 0.155 e. The minimum absolute atomic E-state index is 0.256. The summed E-state index contributed by atoms with van der Waals surface area (Å²) in [5.74, 6) is 0.919. The molecular formula is C10H9BrN2. The van der Waals surface area contributed by atoms with Gasteiger partial charge in [-0.05, 0) is 34.8 Å². The Hall–Kier alpha value is -0.700. The van der Waals surface area contributed by atoms with E-state index in [9.17, 15) is 0 Å². The summed E-state index contributed by atoms with van der Waals surface area (Å²) < 4.78 is 1.06. The van der Waals surface area contributed by atoms with Gasteiger partial charge >= 0.3 is 0 Å². The zero-order valence-electron chi connectivity index (χ0n) is 7.13. The van der Waals surface area contributed by atoms with Gasteiger partial charge in [-0.15, -0.1) is 0 Å². The van der Waals surface area contributed by atoms with Crippen molar-refractivity contribution in [2.75, 3.05) is 0 Å². The summed E-state index contributed by atoms with van der Waals surface area (Å²) in [4.78, 5) is 8.65. The summed E-state index contributed by atoms with van der Waals surface area (Å²) in [5, 5.41) is 0. The molecule has 1 saturated carbocycles. The van der Waals surface area contributed by atoms with Gasteiger partial charge in [-0.1, -0.05) is 6.42 Å². The number of fused-ring (bicyclic) bond motifs is 2. The molecule has 0 aromatic carbocycles. The molecule has 0 atom stereocenters. The van der Waals surface area contributed by atoms with Crippen molar-refractivity contribution in [3.05, 3.63) is 22.3 Å². The maximum atomic E-state index is 4.36. The van der Waals surface area contributed by atoms with Crippen molar-refractivity contribution in [2.24, 2.45) is 4.99 Å². The second kappa shape index (κ2) is 2.41. The van der Waals surface area contributed by atoms with Crippen molar-refractivity contribution in [3.63, 3.8) is 0 Å². The molecular weight excluding hydrogens is 228 g/mol. The van der Waals surface area contributed by atoms with E-state index >= 15 is 0 Å². The summed E-state index contributed by atoms with van der Waals surface area (Å²) in [7, 11) is 0. The number of pyridine rings is 1. The molecule has 3 heteroatoms. The number of hydrogen-bond donors (Lipinski definition) is 0. The SMILES string of the molecule is Brc1cnc2c(c1)C1(C=N2)CCC1. The Morgan fingerprint density at radius 1 is 1.38 bits per heavy atom.